The Morgan fingerprint density at radius 3 is 2.48 bits per heavy atom. The first-order valence-electron chi connectivity index (χ1n) is 7.92. The highest BCUT2D eigenvalue weighted by Crippen LogP contribution is 2.27. The Bertz CT molecular complexity index is 1020. The summed E-state index contributed by atoms with van der Waals surface area (Å²) in [5, 5.41) is 0.833. The normalized spacial score (nSPS) is 11.6. The monoisotopic (exact) mass is 357 g/mol. The summed E-state index contributed by atoms with van der Waals surface area (Å²) < 4.78 is 32.4. The van der Waals surface area contributed by atoms with E-state index < -0.39 is 10.0 Å². The zero-order valence-electron chi connectivity index (χ0n) is 14.1. The number of rotatable bonds is 5. The number of aryl methyl sites for hydroxylation is 2. The van der Waals surface area contributed by atoms with E-state index in [0.29, 0.717) is 11.2 Å². The first-order chi connectivity index (χ1) is 11.9. The van der Waals surface area contributed by atoms with Gasteiger partial charge >= 0.3 is 5.97 Å². The van der Waals surface area contributed by atoms with Crippen LogP contribution < -0.4 is 0 Å². The molecule has 0 aliphatic carbocycles. The molecule has 5 nitrogen and oxygen atoms in total. The van der Waals surface area contributed by atoms with Gasteiger partial charge in [-0.25, -0.2) is 12.4 Å². The molecule has 0 atom stereocenters. The van der Waals surface area contributed by atoms with Gasteiger partial charge in [-0.3, -0.25) is 4.79 Å². The van der Waals surface area contributed by atoms with Crippen LogP contribution in [0.1, 0.15) is 17.7 Å². The van der Waals surface area contributed by atoms with Crippen LogP contribution in [-0.2, 0) is 26.0 Å². The fraction of sp³-hybridized carbons (Fsp3) is 0.211. The molecule has 3 aromatic rings. The lowest BCUT2D eigenvalue weighted by Gasteiger charge is -2.12. The number of esters is 1. The van der Waals surface area contributed by atoms with Crippen LogP contribution in [0.3, 0.4) is 0 Å². The first kappa shape index (κ1) is 17.2. The number of hydrogen-bond acceptors (Lipinski definition) is 4. The molecule has 6 heteroatoms. The highest BCUT2D eigenvalue weighted by atomic mass is 32.2. The van der Waals surface area contributed by atoms with Crippen molar-refractivity contribution in [1.82, 2.24) is 3.97 Å². The third-order valence-electron chi connectivity index (χ3n) is 4.08. The quantitative estimate of drug-likeness (QED) is 0.657. The number of carbonyl (C=O) groups excluding carboxylic acids is 1. The molecule has 0 amide bonds. The summed E-state index contributed by atoms with van der Waals surface area (Å²) in [6.07, 6.45) is 0.405. The highest BCUT2D eigenvalue weighted by molar-refractivity contribution is 7.90. The van der Waals surface area contributed by atoms with Crippen molar-refractivity contribution >= 4 is 26.9 Å². The molecule has 130 valence electrons. The minimum atomic E-state index is -3.76. The minimum absolute atomic E-state index is 0.121. The average molecular weight is 357 g/mol. The largest absolute Gasteiger partial charge is 0.469 e. The molecule has 0 spiro atoms. The summed E-state index contributed by atoms with van der Waals surface area (Å²) in [4.78, 5) is 11.7. The van der Waals surface area contributed by atoms with Crippen molar-refractivity contribution in [3.05, 3.63) is 65.9 Å². The molecular formula is C19H19NO4S. The Hall–Kier alpha value is -2.60. The third kappa shape index (κ3) is 3.30. The lowest BCUT2D eigenvalue weighted by molar-refractivity contribution is -0.140. The van der Waals surface area contributed by atoms with Crippen molar-refractivity contribution in [2.75, 3.05) is 7.11 Å². The number of hydrogen-bond donors (Lipinski definition) is 0. The third-order valence-corrected chi connectivity index (χ3v) is 5.86. The number of nitrogens with zero attached hydrogens (tertiary/aromatic N) is 1. The summed E-state index contributed by atoms with van der Waals surface area (Å²) in [5.74, 6) is -0.370. The second kappa shape index (κ2) is 6.72. The van der Waals surface area contributed by atoms with Gasteiger partial charge in [-0.05, 0) is 43.7 Å². The molecule has 0 N–H and O–H groups in total. The van der Waals surface area contributed by atoms with Crippen molar-refractivity contribution in [3.63, 3.8) is 0 Å². The molecule has 25 heavy (non-hydrogen) atoms. The zero-order chi connectivity index (χ0) is 18.0. The summed E-state index contributed by atoms with van der Waals surface area (Å²) in [7, 11) is -2.43. The number of fused-ring (bicyclic) bond motifs is 1. The standard InChI is InChI=1S/C19H19NO4S/c1-14-8-10-18-15(12-14)13-16(9-11-19(21)24-2)20(18)25(22,23)17-6-4-3-5-7-17/h3-8,10,12-13H,9,11H2,1-2H3. The molecule has 0 bridgehead atoms. The van der Waals surface area contributed by atoms with Crippen molar-refractivity contribution in [2.45, 2.75) is 24.7 Å². The molecule has 1 aromatic heterocycles. The van der Waals surface area contributed by atoms with Crippen molar-refractivity contribution < 1.29 is 17.9 Å². The lowest BCUT2D eigenvalue weighted by Crippen LogP contribution is -2.16. The molecular weight excluding hydrogens is 338 g/mol. The molecule has 0 saturated carbocycles. The van der Waals surface area contributed by atoms with Gasteiger partial charge < -0.3 is 4.74 Å². The number of aromatic nitrogens is 1. The van der Waals surface area contributed by atoms with E-state index in [2.05, 4.69) is 4.74 Å². The summed E-state index contributed by atoms with van der Waals surface area (Å²) in [5.41, 5.74) is 2.21. The van der Waals surface area contributed by atoms with E-state index in [-0.39, 0.29) is 23.7 Å². The fourth-order valence-corrected chi connectivity index (χ4v) is 4.44. The predicted octanol–water partition coefficient (Wildman–Crippen LogP) is 3.29. The van der Waals surface area contributed by atoms with Crippen molar-refractivity contribution in [1.29, 1.82) is 0 Å². The maximum atomic E-state index is 13.2. The maximum absolute atomic E-state index is 13.2. The van der Waals surface area contributed by atoms with Crippen LogP contribution in [0.5, 0.6) is 0 Å². The minimum Gasteiger partial charge on any atom is -0.469 e. The van der Waals surface area contributed by atoms with E-state index in [0.717, 1.165) is 10.9 Å². The van der Waals surface area contributed by atoms with Crippen LogP contribution in [0, 0.1) is 6.92 Å². The van der Waals surface area contributed by atoms with Crippen LogP contribution in [0.2, 0.25) is 0 Å². The molecule has 3 rings (SSSR count). The average Bonchev–Trinajstić information content (AvgIpc) is 2.98. The Labute approximate surface area is 146 Å². The first-order valence-corrected chi connectivity index (χ1v) is 9.36. The fourth-order valence-electron chi connectivity index (χ4n) is 2.85. The molecule has 2 aromatic carbocycles. The van der Waals surface area contributed by atoms with Gasteiger partial charge in [-0.1, -0.05) is 29.8 Å². The zero-order valence-corrected chi connectivity index (χ0v) is 14.9. The summed E-state index contributed by atoms with van der Waals surface area (Å²) in [6.45, 7) is 1.95. The van der Waals surface area contributed by atoms with Gasteiger partial charge in [0.1, 0.15) is 0 Å². The van der Waals surface area contributed by atoms with Gasteiger partial charge in [0.15, 0.2) is 0 Å². The molecule has 0 saturated heterocycles. The summed E-state index contributed by atoms with van der Waals surface area (Å²) >= 11 is 0. The molecule has 0 aliphatic rings. The van der Waals surface area contributed by atoms with Crippen LogP contribution in [-0.4, -0.2) is 25.5 Å². The van der Waals surface area contributed by atoms with Gasteiger partial charge in [0, 0.05) is 11.1 Å². The van der Waals surface area contributed by atoms with Crippen molar-refractivity contribution in [3.8, 4) is 0 Å². The number of methoxy groups -OCH3 is 1. The topological polar surface area (TPSA) is 65.4 Å². The smallest absolute Gasteiger partial charge is 0.305 e. The number of ether oxygens (including phenoxy) is 1. The Balaban J connectivity index is 2.19. The van der Waals surface area contributed by atoms with E-state index >= 15 is 0 Å². The van der Waals surface area contributed by atoms with Crippen molar-refractivity contribution in [2.24, 2.45) is 0 Å². The van der Waals surface area contributed by atoms with Gasteiger partial charge in [-0.2, -0.15) is 0 Å². The van der Waals surface area contributed by atoms with Crippen LogP contribution in [0.4, 0.5) is 0 Å². The van der Waals surface area contributed by atoms with Gasteiger partial charge in [0.05, 0.1) is 23.9 Å². The van der Waals surface area contributed by atoms with Crippen LogP contribution >= 0.6 is 0 Å². The summed E-state index contributed by atoms with van der Waals surface area (Å²) in [6, 6.07) is 15.7. The molecule has 0 aliphatic heterocycles. The second-order valence-corrected chi connectivity index (χ2v) is 7.64. The van der Waals surface area contributed by atoms with Gasteiger partial charge in [0.2, 0.25) is 0 Å². The molecule has 0 unspecified atom stereocenters. The highest BCUT2D eigenvalue weighted by Gasteiger charge is 2.23. The van der Waals surface area contributed by atoms with Gasteiger partial charge in [0.25, 0.3) is 10.0 Å². The Morgan fingerprint density at radius 1 is 1.08 bits per heavy atom. The van der Waals surface area contributed by atoms with E-state index in [4.69, 9.17) is 0 Å². The van der Waals surface area contributed by atoms with E-state index in [1.165, 1.54) is 11.1 Å². The Kier molecular flexibility index (Phi) is 4.63. The van der Waals surface area contributed by atoms with E-state index in [9.17, 15) is 13.2 Å². The van der Waals surface area contributed by atoms with Crippen LogP contribution in [0.25, 0.3) is 10.9 Å². The van der Waals surface area contributed by atoms with Crippen LogP contribution in [0.15, 0.2) is 59.5 Å². The van der Waals surface area contributed by atoms with E-state index in [1.807, 2.05) is 25.1 Å². The maximum Gasteiger partial charge on any atom is 0.305 e. The van der Waals surface area contributed by atoms with E-state index in [1.54, 1.807) is 36.4 Å². The molecule has 1 heterocycles. The predicted molar refractivity (Wildman–Crippen MR) is 96.0 cm³/mol. The molecule has 0 fully saturated rings. The van der Waals surface area contributed by atoms with Gasteiger partial charge in [-0.15, -0.1) is 0 Å². The number of benzene rings is 2. The Morgan fingerprint density at radius 2 is 1.80 bits per heavy atom. The lowest BCUT2D eigenvalue weighted by atomic mass is 10.1. The number of carbonyl (C=O) groups is 1. The SMILES string of the molecule is COC(=O)CCc1cc2cc(C)ccc2n1S(=O)(=O)c1ccccc1. The second-order valence-electron chi connectivity index (χ2n) is 5.86. The molecule has 0 radical (unpaired) electrons.